The van der Waals surface area contributed by atoms with Crippen LogP contribution in [0.15, 0.2) is 24.8 Å². The molecule has 1 atom stereocenters. The number of unbranched alkanes of at least 4 members (excludes halogenated alkanes) is 2. The maximum absolute atomic E-state index is 3.73. The van der Waals surface area contributed by atoms with Gasteiger partial charge in [0.2, 0.25) is 0 Å². The van der Waals surface area contributed by atoms with Crippen LogP contribution in [-0.4, -0.2) is 0 Å². The van der Waals surface area contributed by atoms with Crippen LogP contribution in [0.4, 0.5) is 0 Å². The Bertz CT molecular complexity index is 209. The molecule has 2 rings (SSSR count). The van der Waals surface area contributed by atoms with Crippen LogP contribution in [0.25, 0.3) is 0 Å². The molecule has 1 fully saturated rings. The molecule has 2 aliphatic carbocycles. The summed E-state index contributed by atoms with van der Waals surface area (Å²) in [7, 11) is 0. The van der Waals surface area contributed by atoms with E-state index < -0.39 is 0 Å². The highest BCUT2D eigenvalue weighted by molar-refractivity contribution is 4.92. The molecule has 0 spiro atoms. The molecule has 0 nitrogen and oxygen atoms in total. The van der Waals surface area contributed by atoms with Gasteiger partial charge >= 0.3 is 0 Å². The van der Waals surface area contributed by atoms with Crippen molar-refractivity contribution < 1.29 is 0 Å². The summed E-state index contributed by atoms with van der Waals surface area (Å²) >= 11 is 0. The Morgan fingerprint density at radius 2 is 1.43 bits per heavy atom. The third-order valence-corrected chi connectivity index (χ3v) is 4.34. The van der Waals surface area contributed by atoms with Gasteiger partial charge in [-0.3, -0.25) is 0 Å². The van der Waals surface area contributed by atoms with Crippen LogP contribution in [0.3, 0.4) is 0 Å². The number of hydrogen-bond acceptors (Lipinski definition) is 0. The Kier molecular flexibility index (Phi) is 25.5. The molecule has 2 aliphatic rings. The van der Waals surface area contributed by atoms with Gasteiger partial charge in [-0.15, -0.1) is 6.58 Å². The van der Waals surface area contributed by atoms with Gasteiger partial charge in [0.15, 0.2) is 0 Å². The van der Waals surface area contributed by atoms with Crippen molar-refractivity contribution in [2.75, 3.05) is 0 Å². The van der Waals surface area contributed by atoms with Crippen LogP contribution < -0.4 is 0 Å². The van der Waals surface area contributed by atoms with Gasteiger partial charge in [-0.2, -0.15) is 0 Å². The van der Waals surface area contributed by atoms with E-state index in [4.69, 9.17) is 0 Å². The molecule has 23 heavy (non-hydrogen) atoms. The average molecular weight is 323 g/mol. The number of hydrogen-bond donors (Lipinski definition) is 0. The predicted molar refractivity (Wildman–Crippen MR) is 110 cm³/mol. The quantitative estimate of drug-likeness (QED) is 0.350. The van der Waals surface area contributed by atoms with Crippen LogP contribution in [-0.2, 0) is 0 Å². The summed E-state index contributed by atoms with van der Waals surface area (Å²) in [4.78, 5) is 0. The molecule has 0 radical (unpaired) electrons. The van der Waals surface area contributed by atoms with Gasteiger partial charge < -0.3 is 0 Å². The van der Waals surface area contributed by atoms with Crippen LogP contribution in [0.2, 0.25) is 0 Å². The first kappa shape index (κ1) is 24.7. The lowest BCUT2D eigenvalue weighted by atomic mass is 9.91. The molecule has 0 aliphatic heterocycles. The van der Waals surface area contributed by atoms with Crippen LogP contribution in [0.1, 0.15) is 118 Å². The monoisotopic (exact) mass is 322 g/mol. The second-order valence-electron chi connectivity index (χ2n) is 6.46. The van der Waals surface area contributed by atoms with Crippen molar-refractivity contribution in [2.45, 2.75) is 118 Å². The molecular weight excluding hydrogens is 276 g/mol. The number of rotatable bonds is 5. The normalized spacial score (nSPS) is 19.0. The van der Waals surface area contributed by atoms with E-state index in [1.54, 1.807) is 0 Å². The molecule has 0 amide bonds. The smallest absolute Gasteiger partial charge is 0.0233 e. The summed E-state index contributed by atoms with van der Waals surface area (Å²) in [5.41, 5.74) is 0. The Morgan fingerprint density at radius 3 is 1.78 bits per heavy atom. The fourth-order valence-electron chi connectivity index (χ4n) is 2.71. The Hall–Kier alpha value is -0.520. The molecule has 0 unspecified atom stereocenters. The van der Waals surface area contributed by atoms with Gasteiger partial charge in [0.05, 0.1) is 0 Å². The molecule has 0 aromatic rings. The zero-order valence-corrected chi connectivity index (χ0v) is 16.9. The lowest BCUT2D eigenvalue weighted by Gasteiger charge is -2.14. The first-order chi connectivity index (χ1) is 11.3. The van der Waals surface area contributed by atoms with Crippen LogP contribution in [0.5, 0.6) is 0 Å². The van der Waals surface area contributed by atoms with E-state index in [0.717, 1.165) is 5.92 Å². The van der Waals surface area contributed by atoms with E-state index in [0.29, 0.717) is 0 Å². The highest BCUT2D eigenvalue weighted by atomic mass is 14.1. The second-order valence-corrected chi connectivity index (χ2v) is 6.46. The van der Waals surface area contributed by atoms with Gasteiger partial charge in [-0.25, -0.2) is 0 Å². The first-order valence-corrected chi connectivity index (χ1v) is 10.6. The average Bonchev–Trinajstić information content (AvgIpc) is 2.67. The maximum atomic E-state index is 3.73. The van der Waals surface area contributed by atoms with Crippen molar-refractivity contribution in [1.29, 1.82) is 0 Å². The highest BCUT2D eigenvalue weighted by Gasteiger charge is 2.06. The number of allylic oxidation sites excluding steroid dienone is 3. The van der Waals surface area contributed by atoms with Crippen molar-refractivity contribution in [3.63, 3.8) is 0 Å². The SMILES string of the molecule is C1CCCCC1.C=CCCC[C@@H]1C=CCCC1.CC.CCCC. The molecular formula is C23H46. The Balaban J connectivity index is 0. The third-order valence-electron chi connectivity index (χ3n) is 4.34. The summed E-state index contributed by atoms with van der Waals surface area (Å²) in [6.45, 7) is 12.1. The second kappa shape index (κ2) is 23.7. The van der Waals surface area contributed by atoms with Gasteiger partial charge in [-0.1, -0.05) is 97.3 Å². The fraction of sp³-hybridized carbons (Fsp3) is 0.826. The molecule has 0 aromatic carbocycles. The standard InChI is InChI=1S/C11H18.C6H12.C4H10.C2H6/c1-2-3-5-8-11-9-6-4-7-10-11;1-2-4-6-5-3-1;1-3-4-2;1-2/h2,6,9,11H,1,3-5,7-8,10H2;1-6H2;3-4H2,1-2H3;1-2H3/t11-;;;/m1.../s1. The molecule has 0 heterocycles. The highest BCUT2D eigenvalue weighted by Crippen LogP contribution is 2.21. The van der Waals surface area contributed by atoms with E-state index >= 15 is 0 Å². The van der Waals surface area contributed by atoms with Crippen molar-refractivity contribution >= 4 is 0 Å². The van der Waals surface area contributed by atoms with Crippen molar-refractivity contribution in [2.24, 2.45) is 5.92 Å². The zero-order valence-electron chi connectivity index (χ0n) is 16.9. The van der Waals surface area contributed by atoms with Crippen LogP contribution >= 0.6 is 0 Å². The van der Waals surface area contributed by atoms with Gasteiger partial charge in [-0.05, 0) is 44.4 Å². The third kappa shape index (κ3) is 21.5. The fourth-order valence-corrected chi connectivity index (χ4v) is 2.71. The minimum atomic E-state index is 0.878. The Labute approximate surface area is 148 Å². The minimum Gasteiger partial charge on any atom is -0.103 e. The topological polar surface area (TPSA) is 0 Å². The van der Waals surface area contributed by atoms with Gasteiger partial charge in [0, 0.05) is 0 Å². The first-order valence-electron chi connectivity index (χ1n) is 10.6. The summed E-state index contributed by atoms with van der Waals surface area (Å²) < 4.78 is 0. The Morgan fingerprint density at radius 1 is 0.913 bits per heavy atom. The van der Waals surface area contributed by atoms with Crippen molar-refractivity contribution in [3.05, 3.63) is 24.8 Å². The molecule has 138 valence electrons. The lowest BCUT2D eigenvalue weighted by molar-refractivity contribution is 0.491. The predicted octanol–water partition coefficient (Wildman–Crippen LogP) is 8.87. The summed E-state index contributed by atoms with van der Waals surface area (Å²) in [5, 5.41) is 0. The molecule has 0 N–H and O–H groups in total. The lowest BCUT2D eigenvalue weighted by Crippen LogP contribution is -1.99. The minimum absolute atomic E-state index is 0.878. The summed E-state index contributed by atoms with van der Waals surface area (Å²) in [6, 6.07) is 0. The van der Waals surface area contributed by atoms with E-state index in [2.05, 4.69) is 32.6 Å². The molecule has 0 aromatic heterocycles. The maximum Gasteiger partial charge on any atom is -0.0233 e. The van der Waals surface area contributed by atoms with Gasteiger partial charge in [0.1, 0.15) is 0 Å². The van der Waals surface area contributed by atoms with E-state index in [-0.39, 0.29) is 0 Å². The van der Waals surface area contributed by atoms with Crippen molar-refractivity contribution in [3.8, 4) is 0 Å². The van der Waals surface area contributed by atoms with E-state index in [9.17, 15) is 0 Å². The van der Waals surface area contributed by atoms with Crippen LogP contribution in [0, 0.1) is 5.92 Å². The molecule has 0 heteroatoms. The molecule has 1 saturated carbocycles. The van der Waals surface area contributed by atoms with E-state index in [1.807, 2.05) is 19.9 Å². The summed E-state index contributed by atoms with van der Waals surface area (Å²) in [6.07, 6.45) is 26.4. The van der Waals surface area contributed by atoms with Crippen molar-refractivity contribution in [1.82, 2.24) is 0 Å². The van der Waals surface area contributed by atoms with E-state index in [1.165, 1.54) is 89.9 Å². The summed E-state index contributed by atoms with van der Waals surface area (Å²) in [5.74, 6) is 0.878. The molecule has 0 saturated heterocycles. The van der Waals surface area contributed by atoms with Gasteiger partial charge in [0.25, 0.3) is 0 Å². The largest absolute Gasteiger partial charge is 0.103 e. The molecule has 0 bridgehead atoms. The zero-order chi connectivity index (χ0) is 17.6.